The first-order chi connectivity index (χ1) is 23.2. The summed E-state index contributed by atoms with van der Waals surface area (Å²) in [6.07, 6.45) is 9.88. The normalized spacial score (nSPS) is 20.5. The Morgan fingerprint density at radius 3 is 0.760 bits per heavy atom. The topological polar surface area (TPSA) is 0 Å². The third kappa shape index (κ3) is 7.39. The maximum Gasteiger partial charge on any atom is -1.00 e. The first-order valence-corrected chi connectivity index (χ1v) is 37.9. The molecule has 0 bridgehead atoms. The standard InChI is InChI=1S/4C10H9.2C2H7Si.2ClH.2Zr/c4*1-8-6-9-4-2-3-5-10(9)7-8;2*1-3-2;;;;/h4*2-7H,1H3;2*3H,1-2H3;2*1H;;/q;;;;;;;;2*+1/p-2. The van der Waals surface area contributed by atoms with Gasteiger partial charge >= 0.3 is 310 Å². The summed E-state index contributed by atoms with van der Waals surface area (Å²) in [5, 5.41) is 0. The minimum Gasteiger partial charge on any atom is -1.00 e. The van der Waals surface area contributed by atoms with E-state index in [4.69, 9.17) is 0 Å². The molecule has 0 heterocycles. The van der Waals surface area contributed by atoms with Crippen LogP contribution >= 0.6 is 0 Å². The van der Waals surface area contributed by atoms with Gasteiger partial charge in [0.05, 0.1) is 0 Å². The van der Waals surface area contributed by atoms with Gasteiger partial charge in [-0.25, -0.2) is 0 Å². The van der Waals surface area contributed by atoms with E-state index in [9.17, 15) is 0 Å². The fraction of sp³-hybridized carbons (Fsp3) is 0.273. The molecule has 4 aliphatic carbocycles. The Morgan fingerprint density at radius 1 is 0.360 bits per heavy atom. The van der Waals surface area contributed by atoms with Crippen molar-refractivity contribution in [2.75, 3.05) is 0 Å². The Bertz CT molecular complexity index is 1710. The van der Waals surface area contributed by atoms with Gasteiger partial charge in [-0.15, -0.1) is 0 Å². The first kappa shape index (κ1) is 39.8. The van der Waals surface area contributed by atoms with E-state index in [-0.39, 0.29) is 24.8 Å². The van der Waals surface area contributed by atoms with Crippen molar-refractivity contribution >= 4 is 36.2 Å². The van der Waals surface area contributed by atoms with Crippen LogP contribution in [0, 0.1) is 0 Å². The minimum absolute atomic E-state index is 0. The molecule has 4 atom stereocenters. The molecular weight excluding hydrogens is 838 g/mol. The van der Waals surface area contributed by atoms with Crippen molar-refractivity contribution < 1.29 is 66.6 Å². The fourth-order valence-corrected chi connectivity index (χ4v) is 55.9. The SMILES string of the molecule is CC1=Cc2ccccc2[CH]1[Zr+]([CH]1C(C)=Cc2ccccc21)[SiH](C)C.CC1=Cc2ccccc2[CH]1[Zr+]([CH]1C(C)=Cc2ccccc21)[SiH](C)C.[Cl-].[Cl-]. The summed E-state index contributed by atoms with van der Waals surface area (Å²) in [5.74, 6) is -1.34. The van der Waals surface area contributed by atoms with Crippen LogP contribution in [0.2, 0.25) is 26.2 Å². The van der Waals surface area contributed by atoms with E-state index in [0.717, 1.165) is 14.5 Å². The molecule has 4 unspecified atom stereocenters. The van der Waals surface area contributed by atoms with Crippen LogP contribution in [-0.4, -0.2) is 11.8 Å². The smallest absolute Gasteiger partial charge is 1.00 e. The maximum atomic E-state index is 2.62. The molecule has 0 radical (unpaired) electrons. The van der Waals surface area contributed by atoms with E-state index in [0.29, 0.717) is 0 Å². The predicted octanol–water partition coefficient (Wildman–Crippen LogP) is 5.82. The quantitative estimate of drug-likeness (QED) is 0.215. The largest absolute Gasteiger partial charge is 1.00 e. The molecule has 0 aliphatic heterocycles. The Hall–Kier alpha value is -1.38. The number of rotatable bonds is 6. The van der Waals surface area contributed by atoms with Crippen molar-refractivity contribution in [1.29, 1.82) is 0 Å². The molecule has 0 nitrogen and oxygen atoms in total. The van der Waals surface area contributed by atoms with Gasteiger partial charge in [0.25, 0.3) is 0 Å². The molecule has 4 aromatic rings. The summed E-state index contributed by atoms with van der Waals surface area (Å²) in [4.78, 5) is 0. The molecule has 4 aromatic carbocycles. The van der Waals surface area contributed by atoms with Gasteiger partial charge in [0, 0.05) is 0 Å². The number of fused-ring (bicyclic) bond motifs is 4. The van der Waals surface area contributed by atoms with Crippen molar-refractivity contribution in [1.82, 2.24) is 0 Å². The van der Waals surface area contributed by atoms with Crippen molar-refractivity contribution in [3.63, 3.8) is 0 Å². The first-order valence-electron chi connectivity index (χ1n) is 18.0. The van der Waals surface area contributed by atoms with Gasteiger partial charge < -0.3 is 24.8 Å². The summed E-state index contributed by atoms with van der Waals surface area (Å²) in [7, 11) is 0. The molecule has 0 aromatic heterocycles. The molecular formula is C44H50Cl2Si2Zr2. The molecule has 6 heteroatoms. The molecule has 0 spiro atoms. The zero-order valence-electron chi connectivity index (χ0n) is 30.8. The summed E-state index contributed by atoms with van der Waals surface area (Å²) in [6, 6.07) is 36.6. The van der Waals surface area contributed by atoms with Gasteiger partial charge in [0.15, 0.2) is 0 Å². The second kappa shape index (κ2) is 16.7. The van der Waals surface area contributed by atoms with Crippen LogP contribution in [0.4, 0.5) is 0 Å². The maximum absolute atomic E-state index is 2.62. The number of allylic oxidation sites excluding steroid dienone is 4. The summed E-state index contributed by atoms with van der Waals surface area (Å²) < 4.78 is 3.15. The Morgan fingerprint density at radius 2 is 0.560 bits per heavy atom. The summed E-state index contributed by atoms with van der Waals surface area (Å²) in [6.45, 7) is 20.1. The van der Waals surface area contributed by atoms with Crippen molar-refractivity contribution in [2.45, 2.75) is 68.4 Å². The molecule has 0 fully saturated rings. The van der Waals surface area contributed by atoms with Crippen LogP contribution in [0.15, 0.2) is 119 Å². The predicted molar refractivity (Wildman–Crippen MR) is 209 cm³/mol. The van der Waals surface area contributed by atoms with Crippen molar-refractivity contribution in [2.24, 2.45) is 0 Å². The second-order valence-electron chi connectivity index (χ2n) is 15.1. The van der Waals surface area contributed by atoms with Gasteiger partial charge in [-0.05, 0) is 0 Å². The van der Waals surface area contributed by atoms with Crippen LogP contribution < -0.4 is 24.8 Å². The van der Waals surface area contributed by atoms with Gasteiger partial charge in [0.1, 0.15) is 0 Å². The van der Waals surface area contributed by atoms with Crippen LogP contribution in [0.1, 0.15) is 86.7 Å². The summed E-state index contributed by atoms with van der Waals surface area (Å²) in [5.41, 5.74) is 19.1. The van der Waals surface area contributed by atoms with Gasteiger partial charge in [-0.3, -0.25) is 0 Å². The van der Waals surface area contributed by atoms with Crippen molar-refractivity contribution in [3.05, 3.63) is 164 Å². The van der Waals surface area contributed by atoms with E-state index in [1.807, 2.05) is 0 Å². The molecule has 0 saturated carbocycles. The molecule has 0 amide bonds. The fourth-order valence-electron chi connectivity index (χ4n) is 9.35. The third-order valence-corrected chi connectivity index (χ3v) is 55.6. The molecule has 8 rings (SSSR count). The van der Waals surface area contributed by atoms with Crippen molar-refractivity contribution in [3.8, 4) is 0 Å². The van der Waals surface area contributed by atoms with Gasteiger partial charge in [-0.1, -0.05) is 0 Å². The zero-order chi connectivity index (χ0) is 33.7. The van der Waals surface area contributed by atoms with Crippen LogP contribution in [0.3, 0.4) is 0 Å². The van der Waals surface area contributed by atoms with E-state index >= 15 is 0 Å². The van der Waals surface area contributed by atoms with Crippen LogP contribution in [0.25, 0.3) is 24.3 Å². The molecule has 50 heavy (non-hydrogen) atoms. The average molecular weight is 888 g/mol. The number of benzene rings is 4. The van der Waals surface area contributed by atoms with Gasteiger partial charge in [-0.2, -0.15) is 0 Å². The van der Waals surface area contributed by atoms with Gasteiger partial charge in [0.2, 0.25) is 0 Å². The van der Waals surface area contributed by atoms with Crippen LogP contribution in [-0.2, 0) is 41.8 Å². The molecule has 256 valence electrons. The third-order valence-electron chi connectivity index (χ3n) is 11.2. The van der Waals surface area contributed by atoms with E-state index < -0.39 is 53.7 Å². The Balaban J connectivity index is 0.000000187. The molecule has 0 saturated heterocycles. The average Bonchev–Trinajstić information content (AvgIpc) is 3.78. The molecule has 4 aliphatic rings. The van der Waals surface area contributed by atoms with Crippen LogP contribution in [0.5, 0.6) is 0 Å². The zero-order valence-corrected chi connectivity index (χ0v) is 39.5. The van der Waals surface area contributed by atoms with E-state index in [1.165, 1.54) is 22.3 Å². The Labute approximate surface area is 331 Å². The number of halogens is 2. The Kier molecular flexibility index (Phi) is 13.3. The number of hydrogen-bond donors (Lipinski definition) is 0. The summed E-state index contributed by atoms with van der Waals surface area (Å²) >= 11 is -3.45. The minimum atomic E-state index is -1.72. The molecule has 0 N–H and O–H groups in total. The van der Waals surface area contributed by atoms with E-state index in [1.54, 1.807) is 44.5 Å². The van der Waals surface area contributed by atoms with E-state index in [2.05, 4.69) is 175 Å². The monoisotopic (exact) mass is 884 g/mol. The second-order valence-corrected chi connectivity index (χ2v) is 55.2. The number of hydrogen-bond acceptors (Lipinski definition) is 0.